The summed E-state index contributed by atoms with van der Waals surface area (Å²) < 4.78 is 6.83. The van der Waals surface area contributed by atoms with Crippen LogP contribution in [0.2, 0.25) is 0 Å². The smallest absolute Gasteiger partial charge is 0.121 e. The maximum Gasteiger partial charge on any atom is 0.121 e. The van der Waals surface area contributed by atoms with Gasteiger partial charge in [0.05, 0.1) is 6.10 Å². The summed E-state index contributed by atoms with van der Waals surface area (Å²) in [4.78, 5) is 0. The molecule has 1 aromatic carbocycles. The van der Waals surface area contributed by atoms with Crippen molar-refractivity contribution in [3.8, 4) is 5.75 Å². The first kappa shape index (κ1) is 9.07. The van der Waals surface area contributed by atoms with Crippen LogP contribution in [-0.2, 0) is 6.42 Å². The minimum atomic E-state index is 0.485. The molecule has 0 heterocycles. The van der Waals surface area contributed by atoms with Crippen molar-refractivity contribution in [1.82, 2.24) is 0 Å². The molecule has 1 aliphatic rings. The number of rotatable bonds is 3. The van der Waals surface area contributed by atoms with Crippen LogP contribution in [0, 0.1) is 0 Å². The Balaban J connectivity index is 2.17. The molecule has 0 aliphatic heterocycles. The largest absolute Gasteiger partial charge is 0.490 e. The molecule has 70 valence electrons. The second-order valence-electron chi connectivity index (χ2n) is 3.47. The van der Waals surface area contributed by atoms with Crippen molar-refractivity contribution in [2.45, 2.75) is 32.3 Å². The van der Waals surface area contributed by atoms with Crippen molar-refractivity contribution < 1.29 is 4.74 Å². The van der Waals surface area contributed by atoms with Crippen molar-refractivity contribution in [3.63, 3.8) is 0 Å². The van der Waals surface area contributed by atoms with E-state index in [9.17, 15) is 0 Å². The Bertz CT molecular complexity index is 305. The Labute approximate surface area is 87.2 Å². The Kier molecular flexibility index (Phi) is 2.58. The highest BCUT2D eigenvalue weighted by molar-refractivity contribution is 9.10. The molecular weight excluding hydrogens is 228 g/mol. The van der Waals surface area contributed by atoms with Crippen molar-refractivity contribution in [2.24, 2.45) is 0 Å². The predicted molar refractivity (Wildman–Crippen MR) is 57.2 cm³/mol. The van der Waals surface area contributed by atoms with Crippen LogP contribution in [0.15, 0.2) is 22.7 Å². The molecule has 1 nitrogen and oxygen atoms in total. The summed E-state index contributed by atoms with van der Waals surface area (Å²) in [6.07, 6.45) is 3.97. The van der Waals surface area contributed by atoms with Crippen LogP contribution in [0.1, 0.15) is 25.3 Å². The molecule has 0 N–H and O–H groups in total. The van der Waals surface area contributed by atoms with E-state index in [1.165, 1.54) is 18.4 Å². The third-order valence-electron chi connectivity index (χ3n) is 2.17. The summed E-state index contributed by atoms with van der Waals surface area (Å²) in [6, 6.07) is 6.31. The number of hydrogen-bond acceptors (Lipinski definition) is 1. The molecule has 0 amide bonds. The number of ether oxygens (including phenoxy) is 1. The van der Waals surface area contributed by atoms with E-state index in [2.05, 4.69) is 35.0 Å². The van der Waals surface area contributed by atoms with Crippen LogP contribution in [0.5, 0.6) is 5.75 Å². The quantitative estimate of drug-likeness (QED) is 0.786. The summed E-state index contributed by atoms with van der Waals surface area (Å²) >= 11 is 3.48. The fraction of sp³-hybridized carbons (Fsp3) is 0.455. The highest BCUT2D eigenvalue weighted by Crippen LogP contribution is 2.29. The third-order valence-corrected chi connectivity index (χ3v) is 2.62. The molecule has 1 fully saturated rings. The molecular formula is C11H13BrO. The number of hydrogen-bond donors (Lipinski definition) is 0. The Morgan fingerprint density at radius 1 is 1.38 bits per heavy atom. The molecule has 13 heavy (non-hydrogen) atoms. The molecule has 2 heteroatoms. The Hall–Kier alpha value is -0.500. The van der Waals surface area contributed by atoms with Gasteiger partial charge in [-0.1, -0.05) is 22.9 Å². The van der Waals surface area contributed by atoms with Crippen LogP contribution < -0.4 is 4.74 Å². The highest BCUT2D eigenvalue weighted by atomic mass is 79.9. The minimum Gasteiger partial charge on any atom is -0.490 e. The summed E-state index contributed by atoms with van der Waals surface area (Å²) in [7, 11) is 0. The molecule has 0 bridgehead atoms. The van der Waals surface area contributed by atoms with Gasteiger partial charge in [-0.05, 0) is 43.0 Å². The van der Waals surface area contributed by atoms with Gasteiger partial charge in [-0.25, -0.2) is 0 Å². The first-order valence-corrected chi connectivity index (χ1v) is 5.53. The monoisotopic (exact) mass is 240 g/mol. The van der Waals surface area contributed by atoms with Gasteiger partial charge in [0.2, 0.25) is 0 Å². The third kappa shape index (κ3) is 2.47. The van der Waals surface area contributed by atoms with Gasteiger partial charge >= 0.3 is 0 Å². The number of benzene rings is 1. The SMILES string of the molecule is CCc1cc(Br)cc(OC2CC2)c1. The van der Waals surface area contributed by atoms with Crippen LogP contribution in [0.4, 0.5) is 0 Å². The maximum atomic E-state index is 5.72. The fourth-order valence-electron chi connectivity index (χ4n) is 1.27. The normalized spacial score (nSPS) is 15.8. The van der Waals surface area contributed by atoms with E-state index < -0.39 is 0 Å². The van der Waals surface area contributed by atoms with Gasteiger partial charge in [0, 0.05) is 4.47 Å². The molecule has 1 saturated carbocycles. The van der Waals surface area contributed by atoms with E-state index in [-0.39, 0.29) is 0 Å². The molecule has 1 aliphatic carbocycles. The van der Waals surface area contributed by atoms with E-state index in [1.807, 2.05) is 6.07 Å². The van der Waals surface area contributed by atoms with Crippen molar-refractivity contribution in [1.29, 1.82) is 0 Å². The van der Waals surface area contributed by atoms with Gasteiger partial charge in [0.25, 0.3) is 0 Å². The molecule has 2 rings (SSSR count). The van der Waals surface area contributed by atoms with E-state index in [0.29, 0.717) is 6.10 Å². The van der Waals surface area contributed by atoms with Gasteiger partial charge in [-0.2, -0.15) is 0 Å². The lowest BCUT2D eigenvalue weighted by Gasteiger charge is -2.06. The topological polar surface area (TPSA) is 9.23 Å². The minimum absolute atomic E-state index is 0.485. The average Bonchev–Trinajstić information content (AvgIpc) is 2.87. The standard InChI is InChI=1S/C11H13BrO/c1-2-8-5-9(12)7-11(6-8)13-10-3-4-10/h5-7,10H,2-4H2,1H3. The van der Waals surface area contributed by atoms with Crippen LogP contribution >= 0.6 is 15.9 Å². The molecule has 0 spiro atoms. The van der Waals surface area contributed by atoms with E-state index in [4.69, 9.17) is 4.74 Å². The average molecular weight is 241 g/mol. The van der Waals surface area contributed by atoms with Gasteiger partial charge < -0.3 is 4.74 Å². The lowest BCUT2D eigenvalue weighted by atomic mass is 10.2. The molecule has 0 unspecified atom stereocenters. The van der Waals surface area contributed by atoms with E-state index >= 15 is 0 Å². The van der Waals surface area contributed by atoms with Crippen molar-refractivity contribution >= 4 is 15.9 Å². The maximum absolute atomic E-state index is 5.72. The molecule has 0 radical (unpaired) electrons. The second-order valence-corrected chi connectivity index (χ2v) is 4.38. The first-order chi connectivity index (χ1) is 6.28. The van der Waals surface area contributed by atoms with Crippen molar-refractivity contribution in [3.05, 3.63) is 28.2 Å². The van der Waals surface area contributed by atoms with Gasteiger partial charge in [0.15, 0.2) is 0 Å². The zero-order valence-electron chi connectivity index (χ0n) is 7.72. The number of halogens is 1. The summed E-state index contributed by atoms with van der Waals surface area (Å²) in [5, 5.41) is 0. The van der Waals surface area contributed by atoms with Crippen LogP contribution in [0.25, 0.3) is 0 Å². The highest BCUT2D eigenvalue weighted by Gasteiger charge is 2.23. The van der Waals surface area contributed by atoms with Gasteiger partial charge in [-0.3, -0.25) is 0 Å². The molecule has 0 atom stereocenters. The summed E-state index contributed by atoms with van der Waals surface area (Å²) in [5.74, 6) is 1.01. The zero-order valence-corrected chi connectivity index (χ0v) is 9.30. The Morgan fingerprint density at radius 2 is 2.15 bits per heavy atom. The van der Waals surface area contributed by atoms with Crippen LogP contribution in [0.3, 0.4) is 0 Å². The van der Waals surface area contributed by atoms with Gasteiger partial charge in [-0.15, -0.1) is 0 Å². The Morgan fingerprint density at radius 3 is 2.77 bits per heavy atom. The summed E-state index contributed by atoms with van der Waals surface area (Å²) in [5.41, 5.74) is 1.32. The lowest BCUT2D eigenvalue weighted by Crippen LogP contribution is -1.96. The number of aryl methyl sites for hydroxylation is 1. The fourth-order valence-corrected chi connectivity index (χ4v) is 1.79. The van der Waals surface area contributed by atoms with E-state index in [0.717, 1.165) is 16.6 Å². The lowest BCUT2D eigenvalue weighted by molar-refractivity contribution is 0.303. The molecule has 0 aromatic heterocycles. The van der Waals surface area contributed by atoms with E-state index in [1.54, 1.807) is 0 Å². The summed E-state index contributed by atoms with van der Waals surface area (Å²) in [6.45, 7) is 2.16. The van der Waals surface area contributed by atoms with Gasteiger partial charge in [0.1, 0.15) is 5.75 Å². The van der Waals surface area contributed by atoms with Crippen molar-refractivity contribution in [2.75, 3.05) is 0 Å². The van der Waals surface area contributed by atoms with Crippen LogP contribution in [-0.4, -0.2) is 6.10 Å². The first-order valence-electron chi connectivity index (χ1n) is 4.74. The molecule has 0 saturated heterocycles. The predicted octanol–water partition coefficient (Wildman–Crippen LogP) is 3.55. The zero-order chi connectivity index (χ0) is 9.26. The molecule has 1 aromatic rings. The second kappa shape index (κ2) is 3.70.